The Balaban J connectivity index is 0.00000192. The maximum Gasteiger partial charge on any atom is 0.253 e. The molecule has 1 saturated heterocycles. The van der Waals surface area contributed by atoms with Gasteiger partial charge in [0.15, 0.2) is 0 Å². The number of para-hydroxylation sites is 1. The summed E-state index contributed by atoms with van der Waals surface area (Å²) >= 11 is 0. The van der Waals surface area contributed by atoms with E-state index in [9.17, 15) is 4.79 Å². The zero-order valence-corrected chi connectivity index (χ0v) is 14.5. The number of nitrogens with one attached hydrogen (secondary N) is 2. The van der Waals surface area contributed by atoms with E-state index in [1.807, 2.05) is 38.1 Å². The van der Waals surface area contributed by atoms with Crippen LogP contribution < -0.4 is 10.6 Å². The van der Waals surface area contributed by atoms with Crippen molar-refractivity contribution < 1.29 is 4.79 Å². The Hall–Kier alpha value is -1.78. The number of rotatable bonds is 3. The lowest BCUT2D eigenvalue weighted by atomic mass is 10.1. The molecule has 1 fully saturated rings. The lowest BCUT2D eigenvalue weighted by molar-refractivity contribution is 0.0930. The van der Waals surface area contributed by atoms with Crippen LogP contribution in [0.1, 0.15) is 34.6 Å². The van der Waals surface area contributed by atoms with E-state index in [1.165, 1.54) is 0 Å². The predicted molar refractivity (Wildman–Crippen MR) is 95.8 cm³/mol. The first-order valence-electron chi connectivity index (χ1n) is 7.93. The number of carbonyl (C=O) groups is 1. The van der Waals surface area contributed by atoms with Crippen molar-refractivity contribution in [2.24, 2.45) is 0 Å². The molecule has 1 aromatic carbocycles. The summed E-state index contributed by atoms with van der Waals surface area (Å²) in [6.07, 6.45) is 2.17. The van der Waals surface area contributed by atoms with Crippen LogP contribution in [0.4, 0.5) is 0 Å². The smallest absolute Gasteiger partial charge is 0.253 e. The third kappa shape index (κ3) is 3.77. The highest BCUT2D eigenvalue weighted by molar-refractivity contribution is 5.96. The molecule has 0 spiro atoms. The molecular weight excluding hydrogens is 310 g/mol. The van der Waals surface area contributed by atoms with Gasteiger partial charge in [0.25, 0.3) is 5.91 Å². The van der Waals surface area contributed by atoms with E-state index in [-0.39, 0.29) is 24.4 Å². The van der Waals surface area contributed by atoms with Crippen LogP contribution >= 0.6 is 12.4 Å². The van der Waals surface area contributed by atoms with E-state index in [2.05, 4.69) is 27.3 Å². The molecule has 1 aliphatic rings. The quantitative estimate of drug-likeness (QED) is 0.907. The number of halogens is 1. The maximum atomic E-state index is 12.6. The molecule has 5 heteroatoms. The molecule has 1 unspecified atom stereocenters. The lowest BCUT2D eigenvalue weighted by Gasteiger charge is -2.23. The average molecular weight is 334 g/mol. The van der Waals surface area contributed by atoms with Crippen LogP contribution in [0, 0.1) is 13.8 Å². The minimum atomic E-state index is 0. The lowest BCUT2D eigenvalue weighted by Crippen LogP contribution is -2.45. The molecule has 23 heavy (non-hydrogen) atoms. The molecule has 2 N–H and O–H groups in total. The molecule has 1 atom stereocenters. The van der Waals surface area contributed by atoms with Gasteiger partial charge in [0, 0.05) is 29.7 Å². The Morgan fingerprint density at radius 1 is 1.26 bits per heavy atom. The minimum absolute atomic E-state index is 0. The normalized spacial score (nSPS) is 17.4. The molecule has 0 bridgehead atoms. The van der Waals surface area contributed by atoms with Crippen LogP contribution in [0.3, 0.4) is 0 Å². The molecule has 0 aliphatic carbocycles. The monoisotopic (exact) mass is 333 g/mol. The van der Waals surface area contributed by atoms with Crippen molar-refractivity contribution in [1.29, 1.82) is 0 Å². The number of aromatic nitrogens is 1. The highest BCUT2D eigenvalue weighted by Crippen LogP contribution is 2.21. The zero-order valence-electron chi connectivity index (χ0n) is 13.6. The number of hydrogen-bond donors (Lipinski definition) is 2. The fraction of sp³-hybridized carbons (Fsp3) is 0.389. The van der Waals surface area contributed by atoms with Crippen molar-refractivity contribution in [2.75, 3.05) is 13.1 Å². The third-order valence-corrected chi connectivity index (χ3v) is 4.32. The van der Waals surface area contributed by atoms with Gasteiger partial charge < -0.3 is 15.2 Å². The molecule has 2 heterocycles. The average Bonchev–Trinajstić information content (AvgIpc) is 2.84. The number of amides is 1. The molecule has 0 saturated carbocycles. The number of benzene rings is 1. The van der Waals surface area contributed by atoms with Crippen molar-refractivity contribution in [3.63, 3.8) is 0 Å². The predicted octanol–water partition coefficient (Wildman–Crippen LogP) is 3.00. The van der Waals surface area contributed by atoms with Gasteiger partial charge in [-0.15, -0.1) is 12.4 Å². The Labute approximate surface area is 143 Å². The molecule has 1 aliphatic heterocycles. The first-order valence-corrected chi connectivity index (χ1v) is 7.93. The van der Waals surface area contributed by atoms with Gasteiger partial charge in [-0.2, -0.15) is 0 Å². The van der Waals surface area contributed by atoms with Crippen molar-refractivity contribution in [3.8, 4) is 5.69 Å². The maximum absolute atomic E-state index is 12.6. The van der Waals surface area contributed by atoms with E-state index in [0.29, 0.717) is 0 Å². The molecular formula is C18H24ClN3O. The molecule has 2 aromatic rings. The summed E-state index contributed by atoms with van der Waals surface area (Å²) < 4.78 is 2.13. The van der Waals surface area contributed by atoms with Crippen molar-refractivity contribution in [1.82, 2.24) is 15.2 Å². The van der Waals surface area contributed by atoms with Gasteiger partial charge in [-0.1, -0.05) is 18.2 Å². The second-order valence-corrected chi connectivity index (χ2v) is 5.97. The summed E-state index contributed by atoms with van der Waals surface area (Å²) in [7, 11) is 0. The molecule has 4 nitrogen and oxygen atoms in total. The summed E-state index contributed by atoms with van der Waals surface area (Å²) in [4.78, 5) is 12.6. The summed E-state index contributed by atoms with van der Waals surface area (Å²) in [5, 5.41) is 6.48. The van der Waals surface area contributed by atoms with Crippen LogP contribution in [-0.2, 0) is 0 Å². The van der Waals surface area contributed by atoms with E-state index in [1.54, 1.807) is 0 Å². The van der Waals surface area contributed by atoms with Gasteiger partial charge >= 0.3 is 0 Å². The molecule has 0 radical (unpaired) electrons. The van der Waals surface area contributed by atoms with Gasteiger partial charge in [0.2, 0.25) is 0 Å². The first-order chi connectivity index (χ1) is 10.7. The van der Waals surface area contributed by atoms with Gasteiger partial charge in [0.05, 0.1) is 5.56 Å². The second kappa shape index (κ2) is 7.66. The fourth-order valence-electron chi connectivity index (χ4n) is 3.21. The number of nitrogens with zero attached hydrogens (tertiary/aromatic N) is 1. The van der Waals surface area contributed by atoms with Crippen molar-refractivity contribution in [3.05, 3.63) is 53.3 Å². The summed E-state index contributed by atoms with van der Waals surface area (Å²) in [6, 6.07) is 12.4. The highest BCUT2D eigenvalue weighted by atomic mass is 35.5. The van der Waals surface area contributed by atoms with Crippen LogP contribution in [-0.4, -0.2) is 29.6 Å². The fourth-order valence-corrected chi connectivity index (χ4v) is 3.21. The van der Waals surface area contributed by atoms with Crippen LogP contribution in [0.2, 0.25) is 0 Å². The Kier molecular flexibility index (Phi) is 5.85. The van der Waals surface area contributed by atoms with E-state index in [0.717, 1.165) is 48.6 Å². The highest BCUT2D eigenvalue weighted by Gasteiger charge is 2.20. The summed E-state index contributed by atoms with van der Waals surface area (Å²) in [5.74, 6) is 0.0315. The van der Waals surface area contributed by atoms with Gasteiger partial charge in [0.1, 0.15) is 0 Å². The topological polar surface area (TPSA) is 46.1 Å². The SMILES string of the molecule is Cc1cc(C(=O)NC2CCCNC2)c(C)n1-c1ccccc1.Cl. The summed E-state index contributed by atoms with van der Waals surface area (Å²) in [5.41, 5.74) is 3.93. The first kappa shape index (κ1) is 17.6. The van der Waals surface area contributed by atoms with E-state index in [4.69, 9.17) is 0 Å². The van der Waals surface area contributed by atoms with Crippen molar-refractivity contribution >= 4 is 18.3 Å². The zero-order chi connectivity index (χ0) is 15.5. The van der Waals surface area contributed by atoms with Gasteiger partial charge in [-0.25, -0.2) is 0 Å². The van der Waals surface area contributed by atoms with E-state index >= 15 is 0 Å². The molecule has 3 rings (SSSR count). The number of piperidine rings is 1. The number of hydrogen-bond acceptors (Lipinski definition) is 2. The molecule has 124 valence electrons. The van der Waals surface area contributed by atoms with Gasteiger partial charge in [-0.05, 0) is 51.4 Å². The number of carbonyl (C=O) groups excluding carboxylic acids is 1. The third-order valence-electron chi connectivity index (χ3n) is 4.32. The second-order valence-electron chi connectivity index (χ2n) is 5.97. The largest absolute Gasteiger partial charge is 0.348 e. The van der Waals surface area contributed by atoms with Crippen LogP contribution in [0.15, 0.2) is 36.4 Å². The summed E-state index contributed by atoms with van der Waals surface area (Å²) in [6.45, 7) is 5.96. The molecule has 1 amide bonds. The van der Waals surface area contributed by atoms with Gasteiger partial charge in [-0.3, -0.25) is 4.79 Å². The van der Waals surface area contributed by atoms with Crippen LogP contribution in [0.5, 0.6) is 0 Å². The van der Waals surface area contributed by atoms with Crippen molar-refractivity contribution in [2.45, 2.75) is 32.7 Å². The molecule has 1 aromatic heterocycles. The number of aryl methyl sites for hydroxylation is 1. The Morgan fingerprint density at radius 3 is 2.65 bits per heavy atom. The minimum Gasteiger partial charge on any atom is -0.348 e. The standard InChI is InChI=1S/C18H23N3O.ClH/c1-13-11-17(18(22)20-15-7-6-10-19-12-15)14(2)21(13)16-8-4-3-5-9-16;/h3-5,8-9,11,15,19H,6-7,10,12H2,1-2H3,(H,20,22);1H. The Morgan fingerprint density at radius 2 is 2.00 bits per heavy atom. The van der Waals surface area contributed by atoms with E-state index < -0.39 is 0 Å². The van der Waals surface area contributed by atoms with Crippen LogP contribution in [0.25, 0.3) is 5.69 Å². The Bertz CT molecular complexity index is 660.